The smallest absolute Gasteiger partial charge is 0.335 e. The number of halogens is 3. The standard InChI is InChI=1S/C20H15Br2ClN2O4/c1-3-29-17-11(6-12(21)8-15(17)22)7-14-18(26)24-20(28)25(19(14)27)13-5-4-10(2)16(23)9-13/h4-9H,3H2,1-2H3,(H,24,26,28)/b14-7+. The normalized spacial score (nSPS) is 15.7. The van der Waals surface area contributed by atoms with Gasteiger partial charge in [0.2, 0.25) is 0 Å². The molecule has 0 spiro atoms. The monoisotopic (exact) mass is 540 g/mol. The van der Waals surface area contributed by atoms with Crippen LogP contribution in [0.3, 0.4) is 0 Å². The van der Waals surface area contributed by atoms with Gasteiger partial charge in [-0.15, -0.1) is 0 Å². The first-order chi connectivity index (χ1) is 13.7. The van der Waals surface area contributed by atoms with Crippen molar-refractivity contribution in [3.63, 3.8) is 0 Å². The number of hydrogen-bond acceptors (Lipinski definition) is 4. The number of carbonyl (C=O) groups excluding carboxylic acids is 3. The summed E-state index contributed by atoms with van der Waals surface area (Å²) in [6.45, 7) is 4.02. The van der Waals surface area contributed by atoms with Crippen molar-refractivity contribution in [2.45, 2.75) is 13.8 Å². The fourth-order valence-corrected chi connectivity index (χ4v) is 4.30. The average Bonchev–Trinajstić information content (AvgIpc) is 2.64. The second-order valence-electron chi connectivity index (χ2n) is 6.13. The zero-order valence-electron chi connectivity index (χ0n) is 15.4. The summed E-state index contributed by atoms with van der Waals surface area (Å²) in [5, 5.41) is 2.60. The minimum atomic E-state index is -0.836. The SMILES string of the molecule is CCOc1c(Br)cc(Br)cc1/C=C1\C(=O)NC(=O)N(c2ccc(C)c(Cl)c2)C1=O. The summed E-state index contributed by atoms with van der Waals surface area (Å²) >= 11 is 12.9. The van der Waals surface area contributed by atoms with Gasteiger partial charge in [0, 0.05) is 15.1 Å². The molecule has 4 amide bonds. The highest BCUT2D eigenvalue weighted by atomic mass is 79.9. The average molecular weight is 543 g/mol. The van der Waals surface area contributed by atoms with Crippen LogP contribution < -0.4 is 15.0 Å². The third kappa shape index (κ3) is 4.39. The van der Waals surface area contributed by atoms with E-state index in [1.165, 1.54) is 12.1 Å². The molecule has 6 nitrogen and oxygen atoms in total. The maximum Gasteiger partial charge on any atom is 0.335 e. The van der Waals surface area contributed by atoms with E-state index in [0.717, 1.165) is 14.9 Å². The van der Waals surface area contributed by atoms with Crippen LogP contribution in [0.25, 0.3) is 6.08 Å². The molecule has 2 aromatic carbocycles. The van der Waals surface area contributed by atoms with Gasteiger partial charge in [0.15, 0.2) is 0 Å². The van der Waals surface area contributed by atoms with Crippen molar-refractivity contribution in [1.29, 1.82) is 0 Å². The summed E-state index contributed by atoms with van der Waals surface area (Å²) in [6, 6.07) is 7.46. The molecule has 3 rings (SSSR count). The number of ether oxygens (including phenoxy) is 1. The molecule has 0 aliphatic carbocycles. The highest BCUT2D eigenvalue weighted by molar-refractivity contribution is 9.11. The molecule has 2 aromatic rings. The number of aryl methyl sites for hydroxylation is 1. The lowest BCUT2D eigenvalue weighted by molar-refractivity contribution is -0.122. The number of nitrogens with one attached hydrogen (secondary N) is 1. The predicted molar refractivity (Wildman–Crippen MR) is 118 cm³/mol. The van der Waals surface area contributed by atoms with Crippen LogP contribution in [0, 0.1) is 6.92 Å². The number of barbiturate groups is 1. The predicted octanol–water partition coefficient (Wildman–Crippen LogP) is 5.24. The molecule has 0 unspecified atom stereocenters. The van der Waals surface area contributed by atoms with Crippen LogP contribution in [-0.4, -0.2) is 24.5 Å². The van der Waals surface area contributed by atoms with Gasteiger partial charge in [-0.1, -0.05) is 33.6 Å². The van der Waals surface area contributed by atoms with Crippen LogP contribution in [0.1, 0.15) is 18.1 Å². The van der Waals surface area contributed by atoms with E-state index in [2.05, 4.69) is 37.2 Å². The number of imide groups is 2. The highest BCUT2D eigenvalue weighted by Crippen LogP contribution is 2.35. The maximum atomic E-state index is 13.1. The Hall–Kier alpha value is -2.16. The Labute approximate surface area is 189 Å². The number of amides is 4. The van der Waals surface area contributed by atoms with Crippen LogP contribution in [0.2, 0.25) is 5.02 Å². The Balaban J connectivity index is 2.10. The zero-order valence-corrected chi connectivity index (χ0v) is 19.3. The molecular formula is C20H15Br2ClN2O4. The molecule has 150 valence electrons. The Bertz CT molecular complexity index is 1070. The van der Waals surface area contributed by atoms with Crippen molar-refractivity contribution < 1.29 is 19.1 Å². The summed E-state index contributed by atoms with van der Waals surface area (Å²) < 4.78 is 7.02. The van der Waals surface area contributed by atoms with Gasteiger partial charge in [-0.25, -0.2) is 9.69 Å². The maximum absolute atomic E-state index is 13.1. The van der Waals surface area contributed by atoms with Crippen molar-refractivity contribution in [3.8, 4) is 5.75 Å². The molecule has 0 saturated carbocycles. The topological polar surface area (TPSA) is 75.7 Å². The van der Waals surface area contributed by atoms with Crippen LogP contribution >= 0.6 is 43.5 Å². The van der Waals surface area contributed by atoms with Crippen molar-refractivity contribution in [3.05, 3.63) is 61.0 Å². The number of anilines is 1. The molecule has 1 aliphatic rings. The van der Waals surface area contributed by atoms with Gasteiger partial charge in [0.1, 0.15) is 11.3 Å². The van der Waals surface area contributed by atoms with Crippen molar-refractivity contribution in [1.82, 2.24) is 5.32 Å². The fourth-order valence-electron chi connectivity index (χ4n) is 2.75. The summed E-state index contributed by atoms with van der Waals surface area (Å²) in [5.41, 5.74) is 1.37. The molecule has 9 heteroatoms. The van der Waals surface area contributed by atoms with Gasteiger partial charge in [-0.05, 0) is 65.7 Å². The molecule has 0 radical (unpaired) electrons. The van der Waals surface area contributed by atoms with E-state index in [-0.39, 0.29) is 11.3 Å². The molecule has 29 heavy (non-hydrogen) atoms. The van der Waals surface area contributed by atoms with Crippen molar-refractivity contribution >= 4 is 73.1 Å². The minimum Gasteiger partial charge on any atom is -0.492 e. The summed E-state index contributed by atoms with van der Waals surface area (Å²) in [5.74, 6) is -1.06. The Kier molecular flexibility index (Phi) is 6.45. The lowest BCUT2D eigenvalue weighted by Gasteiger charge is -2.26. The third-order valence-electron chi connectivity index (χ3n) is 4.14. The van der Waals surface area contributed by atoms with E-state index in [9.17, 15) is 14.4 Å². The fraction of sp³-hybridized carbons (Fsp3) is 0.150. The Morgan fingerprint density at radius 2 is 1.90 bits per heavy atom. The van der Waals surface area contributed by atoms with Gasteiger partial charge < -0.3 is 4.74 Å². The van der Waals surface area contributed by atoms with E-state index in [0.29, 0.717) is 27.4 Å². The molecular weight excluding hydrogens is 527 g/mol. The van der Waals surface area contributed by atoms with E-state index < -0.39 is 17.8 Å². The van der Waals surface area contributed by atoms with E-state index in [1.54, 1.807) is 31.2 Å². The summed E-state index contributed by atoms with van der Waals surface area (Å²) in [4.78, 5) is 38.7. The van der Waals surface area contributed by atoms with Gasteiger partial charge in [0.25, 0.3) is 11.8 Å². The van der Waals surface area contributed by atoms with Gasteiger partial charge in [-0.2, -0.15) is 0 Å². The molecule has 1 saturated heterocycles. The Morgan fingerprint density at radius 1 is 1.17 bits per heavy atom. The van der Waals surface area contributed by atoms with Gasteiger partial charge in [-0.3, -0.25) is 14.9 Å². The van der Waals surface area contributed by atoms with Gasteiger partial charge >= 0.3 is 6.03 Å². The quantitative estimate of drug-likeness (QED) is 0.424. The molecule has 0 bridgehead atoms. The summed E-state index contributed by atoms with van der Waals surface area (Å²) in [6.07, 6.45) is 1.40. The Morgan fingerprint density at radius 3 is 2.55 bits per heavy atom. The summed E-state index contributed by atoms with van der Waals surface area (Å²) in [7, 11) is 0. The van der Waals surface area contributed by atoms with Crippen LogP contribution in [0.4, 0.5) is 10.5 Å². The highest BCUT2D eigenvalue weighted by Gasteiger charge is 2.37. The van der Waals surface area contributed by atoms with Crippen molar-refractivity contribution in [2.24, 2.45) is 0 Å². The second kappa shape index (κ2) is 8.69. The lowest BCUT2D eigenvalue weighted by Crippen LogP contribution is -2.54. The lowest BCUT2D eigenvalue weighted by atomic mass is 10.1. The third-order valence-corrected chi connectivity index (χ3v) is 5.59. The molecule has 1 aliphatic heterocycles. The van der Waals surface area contributed by atoms with E-state index in [4.69, 9.17) is 16.3 Å². The molecule has 0 aromatic heterocycles. The minimum absolute atomic E-state index is 0.202. The van der Waals surface area contributed by atoms with Gasteiger partial charge in [0.05, 0.1) is 16.8 Å². The molecule has 1 N–H and O–H groups in total. The van der Waals surface area contributed by atoms with Crippen LogP contribution in [0.5, 0.6) is 5.75 Å². The number of nitrogens with zero attached hydrogens (tertiary/aromatic N) is 1. The first-order valence-corrected chi connectivity index (χ1v) is 10.5. The number of carbonyl (C=O) groups is 3. The molecule has 1 fully saturated rings. The number of urea groups is 1. The molecule has 0 atom stereocenters. The zero-order chi connectivity index (χ0) is 21.3. The first-order valence-electron chi connectivity index (χ1n) is 8.52. The largest absolute Gasteiger partial charge is 0.492 e. The molecule has 1 heterocycles. The van der Waals surface area contributed by atoms with E-state index >= 15 is 0 Å². The van der Waals surface area contributed by atoms with Crippen LogP contribution in [0.15, 0.2) is 44.9 Å². The van der Waals surface area contributed by atoms with Crippen molar-refractivity contribution in [2.75, 3.05) is 11.5 Å². The number of rotatable bonds is 4. The first kappa shape index (κ1) is 21.5. The van der Waals surface area contributed by atoms with Crippen LogP contribution in [-0.2, 0) is 9.59 Å². The van der Waals surface area contributed by atoms with E-state index in [1.807, 2.05) is 6.92 Å². The second-order valence-corrected chi connectivity index (χ2v) is 8.31. The number of benzene rings is 2. The number of hydrogen-bond donors (Lipinski definition) is 1.